The Hall–Kier alpha value is -5.20. The summed E-state index contributed by atoms with van der Waals surface area (Å²) >= 11 is 8.42. The van der Waals surface area contributed by atoms with Gasteiger partial charge in [0, 0.05) is 63.1 Å². The summed E-state index contributed by atoms with van der Waals surface area (Å²) in [5.41, 5.74) is 6.53. The Morgan fingerprint density at radius 3 is 2.67 bits per heavy atom. The lowest BCUT2D eigenvalue weighted by Gasteiger charge is -2.28. The monoisotopic (exact) mass is 735 g/mol. The van der Waals surface area contributed by atoms with Gasteiger partial charge < -0.3 is 14.5 Å². The summed E-state index contributed by atoms with van der Waals surface area (Å²) < 4.78 is 7.11. The van der Waals surface area contributed by atoms with Crippen LogP contribution in [0, 0.1) is 6.92 Å². The van der Waals surface area contributed by atoms with Crippen molar-refractivity contribution in [3.05, 3.63) is 128 Å². The van der Waals surface area contributed by atoms with Crippen molar-refractivity contribution < 1.29 is 19.2 Å². The van der Waals surface area contributed by atoms with E-state index >= 15 is 0 Å². The summed E-state index contributed by atoms with van der Waals surface area (Å²) in [6.07, 6.45) is 5.69. The van der Waals surface area contributed by atoms with Crippen molar-refractivity contribution in [3.63, 3.8) is 0 Å². The fourth-order valence-electron chi connectivity index (χ4n) is 6.57. The highest BCUT2D eigenvalue weighted by Crippen LogP contribution is 2.42. The fourth-order valence-corrected chi connectivity index (χ4v) is 8.22. The Morgan fingerprint density at radius 2 is 1.87 bits per heavy atom. The summed E-state index contributed by atoms with van der Waals surface area (Å²) in [6, 6.07) is 18.8. The van der Waals surface area contributed by atoms with Crippen LogP contribution in [0.5, 0.6) is 0 Å². The van der Waals surface area contributed by atoms with E-state index in [0.29, 0.717) is 68.3 Å². The van der Waals surface area contributed by atoms with Gasteiger partial charge in [-0.3, -0.25) is 24.1 Å². The van der Waals surface area contributed by atoms with E-state index in [4.69, 9.17) is 26.2 Å². The number of esters is 1. The minimum atomic E-state index is -0.224. The van der Waals surface area contributed by atoms with E-state index in [1.165, 1.54) is 5.56 Å². The number of aliphatic imine (C=N–C) groups is 1. The van der Waals surface area contributed by atoms with Gasteiger partial charge in [-0.25, -0.2) is 0 Å². The standard InChI is InChI=1S/C39H38ClN7O4S/c1-4-50-33(48)16-7-8-20-51-45-35(28-13-10-18-41-22-28)26-11-9-12-27(21-26)38(49)46-19-17-30-32(23-46)52-39-34(30)36(29-14-5-6-15-31(29)40)42-24(2)37-44-43-25(3)47(37)39/h5-6,9-15,18,21-22,24H,4,7-8,16-17,19-20,23H2,1-3H3/b45-35-. The van der Waals surface area contributed by atoms with Crippen LogP contribution in [0.25, 0.3) is 5.00 Å². The van der Waals surface area contributed by atoms with E-state index in [1.54, 1.807) is 30.7 Å². The number of rotatable bonds is 11. The van der Waals surface area contributed by atoms with Gasteiger partial charge in [-0.05, 0) is 75.9 Å². The zero-order valence-electron chi connectivity index (χ0n) is 29.2. The third-order valence-corrected chi connectivity index (χ3v) is 10.6. The Bertz CT molecular complexity index is 2180. The summed E-state index contributed by atoms with van der Waals surface area (Å²) in [5, 5.41) is 15.0. The van der Waals surface area contributed by atoms with Crippen LogP contribution < -0.4 is 0 Å². The second kappa shape index (κ2) is 15.6. The molecule has 11 nitrogen and oxygen atoms in total. The SMILES string of the molecule is CCOC(=O)CCCCO/N=C(\c1cccnc1)c1cccc(C(=O)N2CCc3c(sc4c3C(c3ccccc3Cl)=NC(C)c3nnc(C)n3-4)C2)c1. The average molecular weight is 736 g/mol. The van der Waals surface area contributed by atoms with Crippen molar-refractivity contribution in [3.8, 4) is 5.00 Å². The van der Waals surface area contributed by atoms with Crippen molar-refractivity contribution in [1.29, 1.82) is 0 Å². The molecule has 0 fully saturated rings. The van der Waals surface area contributed by atoms with Crippen LogP contribution in [-0.2, 0) is 27.3 Å². The first-order valence-electron chi connectivity index (χ1n) is 17.4. The molecule has 0 saturated heterocycles. The van der Waals surface area contributed by atoms with E-state index in [-0.39, 0.29) is 17.9 Å². The topological polar surface area (TPSA) is 124 Å². The fraction of sp³-hybridized carbons (Fsp3) is 0.308. The quantitative estimate of drug-likeness (QED) is 0.0604. The van der Waals surface area contributed by atoms with Crippen molar-refractivity contribution in [2.24, 2.45) is 10.1 Å². The first-order valence-corrected chi connectivity index (χ1v) is 18.6. The van der Waals surface area contributed by atoms with Gasteiger partial charge in [0.2, 0.25) is 0 Å². The number of carbonyl (C=O) groups is 2. The third-order valence-electron chi connectivity index (χ3n) is 9.09. The van der Waals surface area contributed by atoms with Gasteiger partial charge in [-0.1, -0.05) is 47.1 Å². The van der Waals surface area contributed by atoms with E-state index < -0.39 is 0 Å². The zero-order chi connectivity index (χ0) is 36.2. The van der Waals surface area contributed by atoms with Gasteiger partial charge in [0.15, 0.2) is 5.82 Å². The van der Waals surface area contributed by atoms with E-state index in [0.717, 1.165) is 49.5 Å². The number of carbonyl (C=O) groups excluding carboxylic acids is 2. The second-order valence-electron chi connectivity index (χ2n) is 12.6. The van der Waals surface area contributed by atoms with Crippen LogP contribution in [0.3, 0.4) is 0 Å². The summed E-state index contributed by atoms with van der Waals surface area (Å²) in [5.74, 6) is 1.27. The number of nitrogens with zero attached hydrogens (tertiary/aromatic N) is 7. The molecule has 2 aromatic carbocycles. The Kier molecular flexibility index (Phi) is 10.6. The Labute approximate surface area is 311 Å². The molecule has 1 atom stereocenters. The summed E-state index contributed by atoms with van der Waals surface area (Å²) in [7, 11) is 0. The first kappa shape index (κ1) is 35.2. The van der Waals surface area contributed by atoms with Crippen LogP contribution >= 0.6 is 22.9 Å². The molecule has 266 valence electrons. The normalized spacial score (nSPS) is 15.2. The van der Waals surface area contributed by atoms with Gasteiger partial charge in [-0.15, -0.1) is 21.5 Å². The molecule has 2 aliphatic heterocycles. The zero-order valence-corrected chi connectivity index (χ0v) is 30.8. The van der Waals surface area contributed by atoms with E-state index in [2.05, 4.69) is 24.9 Å². The minimum absolute atomic E-state index is 0.0729. The maximum Gasteiger partial charge on any atom is 0.305 e. The Morgan fingerprint density at radius 1 is 1.04 bits per heavy atom. The molecule has 0 radical (unpaired) electrons. The molecule has 0 spiro atoms. The molecule has 3 aromatic heterocycles. The lowest BCUT2D eigenvalue weighted by atomic mass is 9.94. The second-order valence-corrected chi connectivity index (χ2v) is 14.1. The molecular weight excluding hydrogens is 698 g/mol. The van der Waals surface area contributed by atoms with Gasteiger partial charge in [0.25, 0.3) is 5.91 Å². The van der Waals surface area contributed by atoms with Crippen LogP contribution in [0.1, 0.15) is 93.9 Å². The molecule has 52 heavy (non-hydrogen) atoms. The number of thiophene rings is 1. The van der Waals surface area contributed by atoms with Crippen molar-refractivity contribution in [1.82, 2.24) is 24.6 Å². The Balaban J connectivity index is 1.15. The predicted octanol–water partition coefficient (Wildman–Crippen LogP) is 7.30. The summed E-state index contributed by atoms with van der Waals surface area (Å²) in [6.45, 7) is 7.47. The molecule has 13 heteroatoms. The summed E-state index contributed by atoms with van der Waals surface area (Å²) in [4.78, 5) is 44.0. The van der Waals surface area contributed by atoms with Crippen LogP contribution in [0.4, 0.5) is 0 Å². The van der Waals surface area contributed by atoms with Crippen LogP contribution in [0.2, 0.25) is 5.02 Å². The molecule has 1 unspecified atom stereocenters. The van der Waals surface area contributed by atoms with Crippen molar-refractivity contribution >= 4 is 46.2 Å². The maximum atomic E-state index is 14.2. The molecular formula is C39H38ClN7O4S. The number of amides is 1. The molecule has 5 heterocycles. The predicted molar refractivity (Wildman–Crippen MR) is 201 cm³/mol. The smallest absolute Gasteiger partial charge is 0.305 e. The van der Waals surface area contributed by atoms with Crippen LogP contribution in [-0.4, -0.2) is 67.7 Å². The molecule has 0 N–H and O–H groups in total. The van der Waals surface area contributed by atoms with Crippen molar-refractivity contribution in [2.45, 2.75) is 59.0 Å². The number of unbranched alkanes of at least 4 members (excludes halogenated alkanes) is 1. The lowest BCUT2D eigenvalue weighted by Crippen LogP contribution is -2.35. The first-order chi connectivity index (χ1) is 25.3. The van der Waals surface area contributed by atoms with Crippen molar-refractivity contribution in [2.75, 3.05) is 19.8 Å². The largest absolute Gasteiger partial charge is 0.466 e. The minimum Gasteiger partial charge on any atom is -0.466 e. The van der Waals surface area contributed by atoms with Gasteiger partial charge in [0.1, 0.15) is 29.2 Å². The number of aryl methyl sites for hydroxylation is 1. The number of hydrogen-bond acceptors (Lipinski definition) is 10. The number of oxime groups is 1. The highest BCUT2D eigenvalue weighted by molar-refractivity contribution is 7.15. The molecule has 0 aliphatic carbocycles. The molecule has 1 amide bonds. The van der Waals surface area contributed by atoms with Gasteiger partial charge in [0.05, 0.1) is 18.9 Å². The van der Waals surface area contributed by atoms with E-state index in [1.807, 2.05) is 79.4 Å². The molecule has 0 bridgehead atoms. The lowest BCUT2D eigenvalue weighted by molar-refractivity contribution is -0.143. The van der Waals surface area contributed by atoms with Gasteiger partial charge in [-0.2, -0.15) is 0 Å². The highest BCUT2D eigenvalue weighted by Gasteiger charge is 2.35. The number of ether oxygens (including phenoxy) is 1. The van der Waals surface area contributed by atoms with Gasteiger partial charge >= 0.3 is 5.97 Å². The highest BCUT2D eigenvalue weighted by atomic mass is 35.5. The molecule has 7 rings (SSSR count). The third kappa shape index (κ3) is 7.13. The maximum absolute atomic E-state index is 14.2. The number of fused-ring (bicyclic) bond motifs is 5. The number of benzene rings is 2. The number of halogens is 1. The average Bonchev–Trinajstić information content (AvgIpc) is 3.70. The van der Waals surface area contributed by atoms with Crippen LogP contribution in [0.15, 0.2) is 83.2 Å². The molecule has 5 aromatic rings. The number of pyridine rings is 1. The molecule has 2 aliphatic rings. The number of hydrogen-bond donors (Lipinski definition) is 0. The molecule has 0 saturated carbocycles. The number of aromatic nitrogens is 4. The van der Waals surface area contributed by atoms with E-state index in [9.17, 15) is 9.59 Å².